The molecule has 0 radical (unpaired) electrons. The normalized spacial score (nSPS) is 20.2. The Morgan fingerprint density at radius 1 is 1.19 bits per heavy atom. The van der Waals surface area contributed by atoms with Crippen LogP contribution in [0.5, 0.6) is 0 Å². The highest BCUT2D eigenvalue weighted by Gasteiger charge is 2.40. The van der Waals surface area contributed by atoms with E-state index in [9.17, 15) is 14.0 Å². The van der Waals surface area contributed by atoms with E-state index in [4.69, 9.17) is 9.72 Å². The average molecular weight is 508 g/mol. The number of rotatable bonds is 7. The Kier molecular flexibility index (Phi) is 7.50. The van der Waals surface area contributed by atoms with Gasteiger partial charge in [0.2, 0.25) is 11.8 Å². The molecule has 0 saturated carbocycles. The fourth-order valence-electron chi connectivity index (χ4n) is 5.34. The smallest absolute Gasteiger partial charge is 0.246 e. The van der Waals surface area contributed by atoms with E-state index in [0.717, 1.165) is 43.2 Å². The van der Waals surface area contributed by atoms with Crippen LogP contribution >= 0.6 is 0 Å². The Morgan fingerprint density at radius 3 is 2.68 bits per heavy atom. The summed E-state index contributed by atoms with van der Waals surface area (Å²) in [6, 6.07) is 7.26. The highest BCUT2D eigenvalue weighted by molar-refractivity contribution is 5.90. The van der Waals surface area contributed by atoms with Crippen molar-refractivity contribution in [2.45, 2.75) is 58.0 Å². The zero-order valence-electron chi connectivity index (χ0n) is 21.4. The van der Waals surface area contributed by atoms with Crippen molar-refractivity contribution >= 4 is 22.8 Å². The molecule has 2 fully saturated rings. The predicted molar refractivity (Wildman–Crippen MR) is 138 cm³/mol. The summed E-state index contributed by atoms with van der Waals surface area (Å²) in [6.07, 6.45) is 5.55. The number of imidazole rings is 1. The van der Waals surface area contributed by atoms with Gasteiger partial charge in [-0.2, -0.15) is 0 Å². The molecule has 2 N–H and O–H groups in total. The number of pyridine rings is 1. The number of halogens is 1. The first-order valence-corrected chi connectivity index (χ1v) is 13.3. The maximum absolute atomic E-state index is 14.0. The van der Waals surface area contributed by atoms with Gasteiger partial charge in [-0.25, -0.2) is 9.37 Å². The minimum Gasteiger partial charge on any atom is -0.381 e. The van der Waals surface area contributed by atoms with Crippen LogP contribution in [0.15, 0.2) is 36.5 Å². The third kappa shape index (κ3) is 5.23. The Balaban J connectivity index is 1.44. The van der Waals surface area contributed by atoms with Gasteiger partial charge in [0.15, 0.2) is 0 Å². The van der Waals surface area contributed by atoms with Crippen LogP contribution in [-0.2, 0) is 14.3 Å². The zero-order chi connectivity index (χ0) is 25.9. The number of H-pyrrole nitrogens is 1. The third-order valence-corrected chi connectivity index (χ3v) is 7.75. The van der Waals surface area contributed by atoms with E-state index in [0.29, 0.717) is 36.8 Å². The number of likely N-dealkylation sites (tertiary alicyclic amines) is 1. The molecule has 5 rings (SSSR count). The number of nitrogens with zero attached hydrogens (tertiary/aromatic N) is 3. The summed E-state index contributed by atoms with van der Waals surface area (Å²) in [7, 11) is 0. The monoisotopic (exact) mass is 507 g/mol. The third-order valence-electron chi connectivity index (χ3n) is 7.75. The summed E-state index contributed by atoms with van der Waals surface area (Å²) in [5.74, 6) is 0.150. The minimum atomic E-state index is -0.577. The van der Waals surface area contributed by atoms with E-state index in [2.05, 4.69) is 15.3 Å². The second kappa shape index (κ2) is 11.0. The van der Waals surface area contributed by atoms with Crippen LogP contribution in [0.4, 0.5) is 4.39 Å². The van der Waals surface area contributed by atoms with E-state index in [1.54, 1.807) is 18.3 Å². The van der Waals surface area contributed by atoms with Crippen molar-refractivity contribution in [3.63, 3.8) is 0 Å². The van der Waals surface area contributed by atoms with Crippen molar-refractivity contribution in [3.8, 4) is 11.3 Å². The van der Waals surface area contributed by atoms with E-state index >= 15 is 0 Å². The maximum Gasteiger partial charge on any atom is 0.246 e. The first-order valence-electron chi connectivity index (χ1n) is 13.3. The topological polar surface area (TPSA) is 100 Å². The van der Waals surface area contributed by atoms with Crippen molar-refractivity contribution in [1.29, 1.82) is 0 Å². The Hall–Kier alpha value is -3.33. The second-order valence-electron chi connectivity index (χ2n) is 10.1. The van der Waals surface area contributed by atoms with E-state index in [1.165, 1.54) is 12.1 Å². The molecule has 0 aliphatic carbocycles. The first-order chi connectivity index (χ1) is 18.0. The Labute approximate surface area is 216 Å². The van der Waals surface area contributed by atoms with Crippen molar-refractivity contribution < 1.29 is 18.7 Å². The molecule has 2 aliphatic heterocycles. The number of amides is 2. The molecule has 9 heteroatoms. The molecule has 37 heavy (non-hydrogen) atoms. The van der Waals surface area contributed by atoms with Crippen LogP contribution in [0.2, 0.25) is 0 Å². The van der Waals surface area contributed by atoms with Gasteiger partial charge in [0, 0.05) is 37.4 Å². The zero-order valence-corrected chi connectivity index (χ0v) is 21.4. The van der Waals surface area contributed by atoms with E-state index in [1.807, 2.05) is 24.8 Å². The number of hydrogen-bond donors (Lipinski definition) is 2. The van der Waals surface area contributed by atoms with Gasteiger partial charge in [0.1, 0.15) is 23.2 Å². The lowest BCUT2D eigenvalue weighted by Crippen LogP contribution is -2.54. The molecule has 2 amide bonds. The van der Waals surface area contributed by atoms with Crippen molar-refractivity contribution in [3.05, 3.63) is 48.2 Å². The van der Waals surface area contributed by atoms with Crippen molar-refractivity contribution in [2.75, 3.05) is 19.8 Å². The quantitative estimate of drug-likeness (QED) is 0.494. The Bertz CT molecular complexity index is 1250. The van der Waals surface area contributed by atoms with Crippen molar-refractivity contribution in [1.82, 2.24) is 25.2 Å². The molecule has 8 nitrogen and oxygen atoms in total. The molecule has 2 saturated heterocycles. The molecule has 2 aliphatic rings. The molecule has 0 bridgehead atoms. The van der Waals surface area contributed by atoms with Gasteiger partial charge < -0.3 is 19.9 Å². The number of fused-ring (bicyclic) bond motifs is 1. The second-order valence-corrected chi connectivity index (χ2v) is 10.1. The molecule has 4 heterocycles. The highest BCUT2D eigenvalue weighted by atomic mass is 19.1. The van der Waals surface area contributed by atoms with Gasteiger partial charge in [-0.3, -0.25) is 14.6 Å². The summed E-state index contributed by atoms with van der Waals surface area (Å²) >= 11 is 0. The SMILES string of the molecule is CC[C@@H](C)C(=O)N[C@H](C(=O)N1CCC[C@H]1c1nc2c(-c3ccc(F)cc3)nccc2[nH]1)C1CCOCC1. The summed E-state index contributed by atoms with van der Waals surface area (Å²) < 4.78 is 19.0. The van der Waals surface area contributed by atoms with Gasteiger partial charge in [-0.15, -0.1) is 0 Å². The summed E-state index contributed by atoms with van der Waals surface area (Å²) in [5, 5.41) is 3.09. The molecule has 3 atom stereocenters. The lowest BCUT2D eigenvalue weighted by atomic mass is 9.90. The lowest BCUT2D eigenvalue weighted by Gasteiger charge is -2.35. The van der Waals surface area contributed by atoms with Gasteiger partial charge in [-0.05, 0) is 68.4 Å². The Morgan fingerprint density at radius 2 is 1.95 bits per heavy atom. The van der Waals surface area contributed by atoms with Gasteiger partial charge >= 0.3 is 0 Å². The summed E-state index contributed by atoms with van der Waals surface area (Å²) in [4.78, 5) is 41.5. The van der Waals surface area contributed by atoms with Crippen LogP contribution in [0.1, 0.15) is 57.8 Å². The van der Waals surface area contributed by atoms with E-state index in [-0.39, 0.29) is 35.5 Å². The highest BCUT2D eigenvalue weighted by Crippen LogP contribution is 2.35. The van der Waals surface area contributed by atoms with Gasteiger partial charge in [-0.1, -0.05) is 13.8 Å². The van der Waals surface area contributed by atoms with Gasteiger partial charge in [0.05, 0.1) is 17.3 Å². The van der Waals surface area contributed by atoms with Crippen LogP contribution in [0.3, 0.4) is 0 Å². The number of carbonyl (C=O) groups is 2. The van der Waals surface area contributed by atoms with Crippen LogP contribution < -0.4 is 5.32 Å². The van der Waals surface area contributed by atoms with Crippen LogP contribution in [0, 0.1) is 17.7 Å². The molecule has 196 valence electrons. The average Bonchev–Trinajstić information content (AvgIpc) is 3.59. The number of aromatic amines is 1. The number of ether oxygens (including phenoxy) is 1. The van der Waals surface area contributed by atoms with Crippen molar-refractivity contribution in [2.24, 2.45) is 11.8 Å². The van der Waals surface area contributed by atoms with Gasteiger partial charge in [0.25, 0.3) is 0 Å². The molecule has 0 unspecified atom stereocenters. The van der Waals surface area contributed by atoms with Crippen LogP contribution in [0.25, 0.3) is 22.3 Å². The number of nitrogens with one attached hydrogen (secondary N) is 2. The standard InChI is InChI=1S/C28H34FN5O3/c1-3-17(2)27(35)33-24(19-11-15-37-16-12-19)28(36)34-14-4-5-22(34)26-31-21-10-13-30-23(25(21)32-26)18-6-8-20(29)9-7-18/h6-10,13,17,19,22,24H,3-5,11-12,14-16H2,1-2H3,(H,31,32)(H,33,35)/t17-,22+,24+/m1/s1. The lowest BCUT2D eigenvalue weighted by molar-refractivity contribution is -0.140. The van der Waals surface area contributed by atoms with Crippen LogP contribution in [-0.4, -0.2) is 57.5 Å². The summed E-state index contributed by atoms with van der Waals surface area (Å²) in [5.41, 5.74) is 2.94. The molecule has 0 spiro atoms. The minimum absolute atomic E-state index is 0.0421. The fraction of sp³-hybridized carbons (Fsp3) is 0.500. The largest absolute Gasteiger partial charge is 0.381 e. The number of carbonyl (C=O) groups excluding carboxylic acids is 2. The maximum atomic E-state index is 14.0. The fourth-order valence-corrected chi connectivity index (χ4v) is 5.34. The molecule has 2 aromatic heterocycles. The first kappa shape index (κ1) is 25.3. The number of aromatic nitrogens is 3. The predicted octanol–water partition coefficient (Wildman–Crippen LogP) is 4.39. The summed E-state index contributed by atoms with van der Waals surface area (Å²) in [6.45, 7) is 5.67. The molecular formula is C28H34FN5O3. The molecule has 3 aromatic rings. The number of benzene rings is 1. The van der Waals surface area contributed by atoms with E-state index < -0.39 is 6.04 Å². The molecule has 1 aromatic carbocycles. The number of hydrogen-bond acceptors (Lipinski definition) is 5. The molecular weight excluding hydrogens is 473 g/mol.